The molecule has 2 rings (SSSR count). The molecule has 0 N–H and O–H groups in total. The molecule has 1 aliphatic carbocycles. The predicted molar refractivity (Wildman–Crippen MR) is 73.8 cm³/mol. The Morgan fingerprint density at radius 1 is 1.15 bits per heavy atom. The molecular weight excluding hydrogens is 280 g/mol. The number of ether oxygens (including phenoxy) is 1. The maximum absolute atomic E-state index is 12.3. The Bertz CT molecular complexity index is 683. The lowest BCUT2D eigenvalue weighted by Crippen LogP contribution is -2.19. The van der Waals surface area contributed by atoms with Gasteiger partial charge < -0.3 is 4.74 Å². The number of esters is 1. The number of rotatable bonds is 2. The summed E-state index contributed by atoms with van der Waals surface area (Å²) in [5, 5.41) is -0.183. The van der Waals surface area contributed by atoms with E-state index in [9.17, 15) is 14.4 Å². The average molecular weight is 291 g/mol. The molecule has 0 bridgehead atoms. The third-order valence-electron chi connectivity index (χ3n) is 2.96. The molecule has 0 radical (unpaired) electrons. The van der Waals surface area contributed by atoms with Gasteiger partial charge in [-0.25, -0.2) is 4.79 Å². The Balaban J connectivity index is 2.56. The molecule has 0 saturated heterocycles. The van der Waals surface area contributed by atoms with E-state index in [1.165, 1.54) is 20.1 Å². The van der Waals surface area contributed by atoms with Crippen molar-refractivity contribution in [2.75, 3.05) is 7.11 Å². The first-order chi connectivity index (χ1) is 9.47. The Kier molecular flexibility index (Phi) is 3.86. The lowest BCUT2D eigenvalue weighted by molar-refractivity contribution is -0.136. The fourth-order valence-electron chi connectivity index (χ4n) is 1.93. The van der Waals surface area contributed by atoms with Crippen molar-refractivity contribution in [3.63, 3.8) is 0 Å². The molecule has 0 aromatic heterocycles. The number of fused-ring (bicyclic) bond motifs is 1. The van der Waals surface area contributed by atoms with Gasteiger partial charge in [-0.2, -0.15) is 0 Å². The van der Waals surface area contributed by atoms with Crippen LogP contribution in [0.15, 0.2) is 46.5 Å². The number of ketones is 2. The van der Waals surface area contributed by atoms with E-state index in [0.29, 0.717) is 0 Å². The van der Waals surface area contributed by atoms with Crippen LogP contribution in [0.5, 0.6) is 0 Å². The molecule has 102 valence electrons. The summed E-state index contributed by atoms with van der Waals surface area (Å²) in [5.74, 6) is -1.39. The zero-order valence-electron chi connectivity index (χ0n) is 10.9. The molecule has 4 nitrogen and oxygen atoms in total. The van der Waals surface area contributed by atoms with Crippen molar-refractivity contribution in [1.29, 1.82) is 0 Å². The Morgan fingerprint density at radius 2 is 1.70 bits per heavy atom. The number of Topliss-reactive ketones (excluding diaryl/α,β-unsaturated/α-hetero) is 2. The third-order valence-corrected chi connectivity index (χ3v) is 3.34. The van der Waals surface area contributed by atoms with Crippen molar-refractivity contribution >= 4 is 29.1 Å². The molecule has 0 fully saturated rings. The van der Waals surface area contributed by atoms with Gasteiger partial charge in [-0.3, -0.25) is 9.59 Å². The van der Waals surface area contributed by atoms with E-state index in [0.717, 1.165) is 0 Å². The summed E-state index contributed by atoms with van der Waals surface area (Å²) in [4.78, 5) is 35.8. The quantitative estimate of drug-likeness (QED) is 0.620. The summed E-state index contributed by atoms with van der Waals surface area (Å²) >= 11 is 5.96. The molecule has 20 heavy (non-hydrogen) atoms. The van der Waals surface area contributed by atoms with Crippen molar-refractivity contribution in [1.82, 2.24) is 0 Å². The standard InChI is InChI=1S/C15H11ClO4/c1-8(15(19)20-2)7-11-12(16)14(18)10-6-4-3-5-9(10)13(11)17/h3-7H,1-2H3/b8-7-. The minimum atomic E-state index is -0.582. The first-order valence-electron chi connectivity index (χ1n) is 5.82. The number of benzene rings is 1. The van der Waals surface area contributed by atoms with Crippen LogP contribution in [0.3, 0.4) is 0 Å². The van der Waals surface area contributed by atoms with Gasteiger partial charge in [0, 0.05) is 22.3 Å². The largest absolute Gasteiger partial charge is 0.466 e. The van der Waals surface area contributed by atoms with Gasteiger partial charge in [0.25, 0.3) is 0 Å². The fourth-order valence-corrected chi connectivity index (χ4v) is 2.17. The lowest BCUT2D eigenvalue weighted by Gasteiger charge is -2.15. The second-order valence-corrected chi connectivity index (χ2v) is 4.63. The molecule has 0 saturated carbocycles. The lowest BCUT2D eigenvalue weighted by atomic mass is 9.88. The number of methoxy groups -OCH3 is 1. The van der Waals surface area contributed by atoms with Crippen molar-refractivity contribution in [3.05, 3.63) is 57.6 Å². The van der Waals surface area contributed by atoms with Gasteiger partial charge in [-0.15, -0.1) is 0 Å². The van der Waals surface area contributed by atoms with Crippen LogP contribution in [-0.2, 0) is 9.53 Å². The Morgan fingerprint density at radius 3 is 2.25 bits per heavy atom. The second-order valence-electron chi connectivity index (χ2n) is 4.25. The molecule has 1 aromatic carbocycles. The van der Waals surface area contributed by atoms with Gasteiger partial charge in [0.2, 0.25) is 5.78 Å². The molecule has 0 amide bonds. The number of carbonyl (C=O) groups excluding carboxylic acids is 3. The van der Waals surface area contributed by atoms with E-state index in [-0.39, 0.29) is 33.1 Å². The number of halogens is 1. The summed E-state index contributed by atoms with van der Waals surface area (Å²) in [7, 11) is 1.23. The van der Waals surface area contributed by atoms with Crippen LogP contribution in [0, 0.1) is 0 Å². The number of hydrogen-bond acceptors (Lipinski definition) is 4. The van der Waals surface area contributed by atoms with E-state index >= 15 is 0 Å². The topological polar surface area (TPSA) is 60.4 Å². The highest BCUT2D eigenvalue weighted by Gasteiger charge is 2.30. The first kappa shape index (κ1) is 14.2. The molecule has 0 aliphatic heterocycles. The van der Waals surface area contributed by atoms with Crippen molar-refractivity contribution in [2.45, 2.75) is 6.92 Å². The molecule has 0 atom stereocenters. The molecular formula is C15H11ClO4. The highest BCUT2D eigenvalue weighted by atomic mass is 35.5. The summed E-state index contributed by atoms with van der Waals surface area (Å²) in [6.45, 7) is 1.49. The summed E-state index contributed by atoms with van der Waals surface area (Å²) < 4.78 is 4.55. The number of carbonyl (C=O) groups is 3. The van der Waals surface area contributed by atoms with Gasteiger partial charge in [0.05, 0.1) is 12.1 Å². The average Bonchev–Trinajstić information content (AvgIpc) is 2.48. The van der Waals surface area contributed by atoms with Gasteiger partial charge in [0.15, 0.2) is 5.78 Å². The number of hydrogen-bond donors (Lipinski definition) is 0. The van der Waals surface area contributed by atoms with Crippen LogP contribution >= 0.6 is 11.6 Å². The molecule has 1 aromatic rings. The maximum atomic E-state index is 12.3. The fraction of sp³-hybridized carbons (Fsp3) is 0.133. The van der Waals surface area contributed by atoms with Gasteiger partial charge in [0.1, 0.15) is 0 Å². The van der Waals surface area contributed by atoms with Crippen LogP contribution in [0.2, 0.25) is 0 Å². The third kappa shape index (κ3) is 2.30. The summed E-state index contributed by atoms with van der Waals surface area (Å²) in [6, 6.07) is 6.43. The summed E-state index contributed by atoms with van der Waals surface area (Å²) in [6.07, 6.45) is 1.28. The molecule has 0 heterocycles. The second kappa shape index (κ2) is 5.43. The van der Waals surface area contributed by atoms with Crippen LogP contribution in [-0.4, -0.2) is 24.6 Å². The highest BCUT2D eigenvalue weighted by molar-refractivity contribution is 6.50. The first-order valence-corrected chi connectivity index (χ1v) is 6.20. The highest BCUT2D eigenvalue weighted by Crippen LogP contribution is 2.29. The smallest absolute Gasteiger partial charge is 0.333 e. The van der Waals surface area contributed by atoms with Crippen molar-refractivity contribution in [2.24, 2.45) is 0 Å². The van der Waals surface area contributed by atoms with Gasteiger partial charge >= 0.3 is 5.97 Å². The monoisotopic (exact) mass is 290 g/mol. The zero-order chi connectivity index (χ0) is 14.9. The summed E-state index contributed by atoms with van der Waals surface area (Å²) in [5.41, 5.74) is 0.764. The van der Waals surface area contributed by atoms with E-state index in [1.807, 2.05) is 0 Å². The molecule has 0 unspecified atom stereocenters. The molecule has 0 spiro atoms. The van der Waals surface area contributed by atoms with Crippen molar-refractivity contribution in [3.8, 4) is 0 Å². The Labute approximate surface area is 120 Å². The van der Waals surface area contributed by atoms with Crippen LogP contribution in [0.1, 0.15) is 27.6 Å². The molecule has 1 aliphatic rings. The minimum absolute atomic E-state index is 0.0123. The van der Waals surface area contributed by atoms with Crippen LogP contribution in [0.25, 0.3) is 0 Å². The van der Waals surface area contributed by atoms with E-state index in [1.54, 1.807) is 24.3 Å². The maximum Gasteiger partial charge on any atom is 0.333 e. The van der Waals surface area contributed by atoms with E-state index in [4.69, 9.17) is 11.6 Å². The van der Waals surface area contributed by atoms with Gasteiger partial charge in [-0.05, 0) is 13.0 Å². The molecule has 5 heteroatoms. The van der Waals surface area contributed by atoms with Gasteiger partial charge in [-0.1, -0.05) is 35.9 Å². The van der Waals surface area contributed by atoms with Crippen LogP contribution < -0.4 is 0 Å². The predicted octanol–water partition coefficient (Wildman–Crippen LogP) is 2.68. The van der Waals surface area contributed by atoms with E-state index in [2.05, 4.69) is 4.74 Å². The van der Waals surface area contributed by atoms with Crippen molar-refractivity contribution < 1.29 is 19.1 Å². The SMILES string of the molecule is COC(=O)/C(C)=C\C1=C(Cl)C(=O)c2ccccc2C1=O. The van der Waals surface area contributed by atoms with E-state index < -0.39 is 11.8 Å². The number of allylic oxidation sites excluding steroid dienone is 3. The Hall–Kier alpha value is -2.20. The minimum Gasteiger partial charge on any atom is -0.466 e. The zero-order valence-corrected chi connectivity index (χ0v) is 11.7. The normalized spacial score (nSPS) is 15.2. The van der Waals surface area contributed by atoms with Crippen LogP contribution in [0.4, 0.5) is 0 Å².